The first-order chi connectivity index (χ1) is 43.4. The Kier molecular flexibility index (Phi) is 36.2. The number of carbonyl (C=O) groups is 4. The van der Waals surface area contributed by atoms with Crippen LogP contribution >= 0.6 is 0 Å². The molecular formula is C80H140N2O9. The molecule has 0 N–H and O–H groups in total. The number of esters is 2. The van der Waals surface area contributed by atoms with Crippen molar-refractivity contribution < 1.29 is 42.9 Å². The van der Waals surface area contributed by atoms with E-state index in [1.165, 1.54) is 102 Å². The highest BCUT2D eigenvalue weighted by molar-refractivity contribution is 5.86. The smallest absolute Gasteiger partial charge is 0.329 e. The first-order valence-electron chi connectivity index (χ1n) is 38.2. The predicted octanol–water partition coefficient (Wildman–Crippen LogP) is 19.6. The fourth-order valence-electron chi connectivity index (χ4n) is 16.4. The lowest BCUT2D eigenvalue weighted by Gasteiger charge is -2.37. The van der Waals surface area contributed by atoms with Crippen LogP contribution in [0.1, 0.15) is 303 Å². The van der Waals surface area contributed by atoms with Gasteiger partial charge in [-0.3, -0.25) is 9.59 Å². The van der Waals surface area contributed by atoms with Crippen LogP contribution in [0.15, 0.2) is 36.0 Å². The Bertz CT molecular complexity index is 2180. The van der Waals surface area contributed by atoms with Crippen LogP contribution in [0.25, 0.3) is 0 Å². The van der Waals surface area contributed by atoms with E-state index in [1.807, 2.05) is 13.8 Å². The number of cyclic esters (lactones) is 2. The first kappa shape index (κ1) is 78.7. The molecule has 524 valence electrons. The van der Waals surface area contributed by atoms with E-state index >= 15 is 0 Å². The topological polar surface area (TPSA) is 121 Å². The molecule has 6 heterocycles. The highest BCUT2D eigenvalue weighted by Crippen LogP contribution is 2.36. The second kappa shape index (κ2) is 41.8. The number of carbonyl (C=O) groups excluding carboxylic acids is 4. The summed E-state index contributed by atoms with van der Waals surface area (Å²) < 4.78 is 31.0. The normalized spacial score (nSPS) is 39.6. The van der Waals surface area contributed by atoms with Crippen LogP contribution in [0, 0.1) is 71.0 Å². The number of amides is 2. The summed E-state index contributed by atoms with van der Waals surface area (Å²) >= 11 is 0. The zero-order chi connectivity index (χ0) is 66.6. The van der Waals surface area contributed by atoms with E-state index < -0.39 is 12.1 Å². The van der Waals surface area contributed by atoms with Crippen LogP contribution < -0.4 is 0 Å². The standard InChI is InChI=1S/C40H67NO5.C40H73NO4/c1-28-14-10-9-11-17-32(5)37(44-8)26-35-22-20-33(6)38(46-35)27-39(42)41-23-13-18-36(41)40(43)45-34(7)21-19-31(4)25-30(3)16-12-15-29(2)24-28;1-28-14-15-29(2)19-22-36-23-20-34(7)38(45-36)27-39(42)41-24-10-13-37(41)40(43)44-35(8)21-18-33(6)26-31(4)12-9-11-30(3)25-32(5)17-16-28/h9-11,14,17,28-31,33-38H,12-13,15-16,18-27H2,1-8H3;28-38H,9-27H2,1-8H3/b11-9+,14-10+,32-17?;/t28-,29+,30?,31+,33-,34?,35?,36?,37?,38?;28?,29?,30-,31?,32+,33-,34+,35?,36?,37?,38?/m10/s1. The average molecular weight is 1270 g/mol. The second-order valence-electron chi connectivity index (χ2n) is 32.4. The Hall–Kier alpha value is -3.02. The molecule has 0 radical (unpaired) electrons. The summed E-state index contributed by atoms with van der Waals surface area (Å²) in [6, 6.07) is -0.909. The molecule has 4 bridgehead atoms. The van der Waals surface area contributed by atoms with Gasteiger partial charge in [-0.2, -0.15) is 0 Å². The number of hydrogen-bond acceptors (Lipinski definition) is 9. The van der Waals surface area contributed by atoms with Crippen LogP contribution in [0.3, 0.4) is 0 Å². The summed E-state index contributed by atoms with van der Waals surface area (Å²) in [4.78, 5) is 57.2. The second-order valence-corrected chi connectivity index (χ2v) is 32.4. The van der Waals surface area contributed by atoms with Crippen LogP contribution in [0.4, 0.5) is 0 Å². The van der Waals surface area contributed by atoms with Crippen molar-refractivity contribution in [2.75, 3.05) is 20.2 Å². The lowest BCUT2D eigenvalue weighted by Crippen LogP contribution is -2.45. The summed E-state index contributed by atoms with van der Waals surface area (Å²) in [6.45, 7) is 35.9. The largest absolute Gasteiger partial charge is 0.461 e. The molecule has 0 aromatic rings. The Labute approximate surface area is 558 Å². The summed E-state index contributed by atoms with van der Waals surface area (Å²) in [7, 11) is 1.76. The summed E-state index contributed by atoms with van der Waals surface area (Å²) in [5.41, 5.74) is 1.17. The van der Waals surface area contributed by atoms with Gasteiger partial charge in [0.15, 0.2) is 0 Å². The third-order valence-electron chi connectivity index (χ3n) is 22.7. The van der Waals surface area contributed by atoms with Crippen molar-refractivity contribution in [1.29, 1.82) is 0 Å². The quantitative estimate of drug-likeness (QED) is 0.236. The molecule has 21 atom stereocenters. The van der Waals surface area contributed by atoms with E-state index in [0.29, 0.717) is 80.2 Å². The van der Waals surface area contributed by atoms with Gasteiger partial charge >= 0.3 is 11.9 Å². The molecule has 13 unspecified atom stereocenters. The number of rotatable bonds is 1. The maximum atomic E-state index is 13.6. The number of methoxy groups -OCH3 is 1. The van der Waals surface area contributed by atoms with E-state index in [-0.39, 0.29) is 66.5 Å². The molecule has 6 aliphatic rings. The SMILES string of the molecule is CC1CCC(C)CC[C@@H](C)C[C@@H](C)CCCC(C)C[C@@H](C)CCC(C)OC(=O)C2CCCN2C(=O)CC2OC(CC1)CC[C@H]2C.COC1CC2CC[C@@H](C)C(CC(=O)N3CCCC3C(=O)OC(C)CC[C@H](C)CC(C)CCC[C@H](C)C[C@H](C)/C=C/C=C/C=C1C)O2. The first-order valence-corrected chi connectivity index (χ1v) is 38.2. The van der Waals surface area contributed by atoms with Gasteiger partial charge in [-0.15, -0.1) is 0 Å². The molecule has 2 amide bonds. The number of ether oxygens (including phenoxy) is 5. The maximum absolute atomic E-state index is 13.6. The average Bonchev–Trinajstić information content (AvgIpc) is 1.98. The molecule has 6 rings (SSSR count). The van der Waals surface area contributed by atoms with Crippen molar-refractivity contribution in [2.45, 2.75) is 358 Å². The summed E-state index contributed by atoms with van der Waals surface area (Å²) in [5, 5.41) is 0. The predicted molar refractivity (Wildman–Crippen MR) is 375 cm³/mol. The lowest BCUT2D eigenvalue weighted by atomic mass is 9.85. The minimum atomic E-state index is -0.475. The Morgan fingerprint density at radius 3 is 1.24 bits per heavy atom. The van der Waals surface area contributed by atoms with Crippen LogP contribution in [-0.4, -0.2) is 109 Å². The van der Waals surface area contributed by atoms with E-state index in [1.54, 1.807) is 16.9 Å². The summed E-state index contributed by atoms with van der Waals surface area (Å²) in [5.74, 6) is 7.43. The number of nitrogens with zero attached hydrogens (tertiary/aromatic N) is 2. The molecule has 0 aromatic carbocycles. The van der Waals surface area contributed by atoms with Crippen molar-refractivity contribution in [2.24, 2.45) is 71.0 Å². The van der Waals surface area contributed by atoms with Gasteiger partial charge in [-0.25, -0.2) is 9.59 Å². The zero-order valence-corrected chi connectivity index (χ0v) is 61.4. The van der Waals surface area contributed by atoms with Crippen molar-refractivity contribution >= 4 is 23.8 Å². The van der Waals surface area contributed by atoms with Crippen LogP contribution in [0.5, 0.6) is 0 Å². The van der Waals surface area contributed by atoms with Gasteiger partial charge < -0.3 is 33.5 Å². The van der Waals surface area contributed by atoms with Gasteiger partial charge in [0.25, 0.3) is 0 Å². The highest BCUT2D eigenvalue weighted by Gasteiger charge is 2.41. The number of hydrogen-bond donors (Lipinski definition) is 0. The van der Waals surface area contributed by atoms with E-state index in [4.69, 9.17) is 23.7 Å². The van der Waals surface area contributed by atoms with Gasteiger partial charge in [-0.1, -0.05) is 178 Å². The third kappa shape index (κ3) is 29.5. The lowest BCUT2D eigenvalue weighted by molar-refractivity contribution is -0.160. The van der Waals surface area contributed by atoms with Crippen molar-refractivity contribution in [1.82, 2.24) is 9.80 Å². The van der Waals surface area contributed by atoms with E-state index in [9.17, 15) is 19.2 Å². The molecule has 5 saturated heterocycles. The Morgan fingerprint density at radius 2 is 0.780 bits per heavy atom. The van der Waals surface area contributed by atoms with Crippen LogP contribution in [0.2, 0.25) is 0 Å². The number of fused-ring (bicyclic) bond motifs is 6. The minimum absolute atomic E-state index is 0.0115. The zero-order valence-electron chi connectivity index (χ0n) is 61.4. The van der Waals surface area contributed by atoms with Gasteiger partial charge in [0, 0.05) is 26.6 Å². The fraction of sp³-hybridized carbons (Fsp3) is 0.875. The van der Waals surface area contributed by atoms with Crippen molar-refractivity contribution in [3.63, 3.8) is 0 Å². The van der Waals surface area contributed by atoms with Gasteiger partial charge in [-0.05, 0) is 213 Å². The van der Waals surface area contributed by atoms with Gasteiger partial charge in [0.1, 0.15) is 12.1 Å². The minimum Gasteiger partial charge on any atom is -0.461 e. The molecule has 0 aliphatic carbocycles. The molecule has 0 spiro atoms. The van der Waals surface area contributed by atoms with Crippen molar-refractivity contribution in [3.05, 3.63) is 36.0 Å². The molecule has 0 aromatic heterocycles. The Morgan fingerprint density at radius 1 is 0.396 bits per heavy atom. The maximum Gasteiger partial charge on any atom is 0.329 e. The fourth-order valence-corrected chi connectivity index (χ4v) is 16.4. The molecule has 11 nitrogen and oxygen atoms in total. The molecule has 11 heteroatoms. The summed E-state index contributed by atoms with van der Waals surface area (Å²) in [6.07, 6.45) is 43.9. The molecule has 0 saturated carbocycles. The van der Waals surface area contributed by atoms with E-state index in [0.717, 1.165) is 107 Å². The van der Waals surface area contributed by atoms with Crippen molar-refractivity contribution in [3.8, 4) is 0 Å². The highest BCUT2D eigenvalue weighted by atomic mass is 16.6. The molecule has 91 heavy (non-hydrogen) atoms. The molecule has 5 fully saturated rings. The van der Waals surface area contributed by atoms with E-state index in [2.05, 4.69) is 120 Å². The van der Waals surface area contributed by atoms with Gasteiger partial charge in [0.2, 0.25) is 11.8 Å². The van der Waals surface area contributed by atoms with Gasteiger partial charge in [0.05, 0.1) is 55.6 Å². The molecule has 6 aliphatic heterocycles. The Balaban J connectivity index is 0.000000331. The monoisotopic (exact) mass is 1270 g/mol. The van der Waals surface area contributed by atoms with Crippen LogP contribution in [-0.2, 0) is 42.9 Å². The number of allylic oxidation sites excluding steroid dienone is 5. The third-order valence-corrected chi connectivity index (χ3v) is 22.7. The molecular weight excluding hydrogens is 1130 g/mol.